The summed E-state index contributed by atoms with van der Waals surface area (Å²) in [6, 6.07) is 5.76. The molecule has 0 heterocycles. The van der Waals surface area contributed by atoms with Crippen molar-refractivity contribution >= 4 is 33.2 Å². The van der Waals surface area contributed by atoms with Crippen LogP contribution in [0.2, 0.25) is 5.02 Å². The molecule has 0 saturated heterocycles. The number of rotatable bonds is 5. The second-order valence-corrected chi connectivity index (χ2v) is 7.29. The van der Waals surface area contributed by atoms with Crippen LogP contribution in [-0.2, 0) is 14.8 Å². The summed E-state index contributed by atoms with van der Waals surface area (Å²) >= 11 is 5.80. The average molecular weight is 317 g/mol. The molecule has 5 nitrogen and oxygen atoms in total. The van der Waals surface area contributed by atoms with E-state index in [-0.39, 0.29) is 11.9 Å². The van der Waals surface area contributed by atoms with E-state index in [1.807, 2.05) is 0 Å². The summed E-state index contributed by atoms with van der Waals surface area (Å²) in [5.41, 5.74) is 0.426. The smallest absolute Gasteiger partial charge is 0.243 e. The van der Waals surface area contributed by atoms with Gasteiger partial charge in [-0.2, -0.15) is 0 Å². The summed E-state index contributed by atoms with van der Waals surface area (Å²) in [4.78, 5) is 12.1. The first kappa shape index (κ1) is 15.1. The second kappa shape index (κ2) is 5.61. The molecule has 1 amide bonds. The molecule has 7 heteroatoms. The Bertz CT molecular complexity index is 597. The lowest BCUT2D eigenvalue weighted by molar-refractivity contribution is -0.121. The molecule has 0 bridgehead atoms. The molecule has 0 spiro atoms. The van der Waals surface area contributed by atoms with Gasteiger partial charge in [-0.15, -0.1) is 0 Å². The van der Waals surface area contributed by atoms with Gasteiger partial charge in [0.2, 0.25) is 15.9 Å². The van der Waals surface area contributed by atoms with Crippen molar-refractivity contribution in [1.29, 1.82) is 0 Å². The molecule has 2 rings (SSSR count). The van der Waals surface area contributed by atoms with Crippen molar-refractivity contribution in [3.8, 4) is 0 Å². The maximum atomic E-state index is 12.1. The number of sulfonamides is 1. The number of halogens is 1. The summed E-state index contributed by atoms with van der Waals surface area (Å²) in [7, 11) is -3.56. The van der Waals surface area contributed by atoms with Gasteiger partial charge in [-0.3, -0.25) is 9.10 Å². The molecule has 20 heavy (non-hydrogen) atoms. The van der Waals surface area contributed by atoms with Crippen LogP contribution < -0.4 is 9.62 Å². The zero-order valence-electron chi connectivity index (χ0n) is 11.3. The Morgan fingerprint density at radius 3 is 2.35 bits per heavy atom. The van der Waals surface area contributed by atoms with Gasteiger partial charge < -0.3 is 5.32 Å². The van der Waals surface area contributed by atoms with Gasteiger partial charge in [0.1, 0.15) is 6.04 Å². The van der Waals surface area contributed by atoms with Crippen molar-refractivity contribution in [2.45, 2.75) is 31.8 Å². The minimum Gasteiger partial charge on any atom is -0.352 e. The molecule has 1 aromatic rings. The molecule has 1 fully saturated rings. The molecule has 0 aliphatic heterocycles. The Morgan fingerprint density at radius 2 is 1.90 bits per heavy atom. The number of hydrogen-bond acceptors (Lipinski definition) is 3. The van der Waals surface area contributed by atoms with Gasteiger partial charge in [0.25, 0.3) is 0 Å². The van der Waals surface area contributed by atoms with Crippen molar-refractivity contribution < 1.29 is 13.2 Å². The predicted octanol–water partition coefficient (Wildman–Crippen LogP) is 1.77. The zero-order chi connectivity index (χ0) is 14.9. The van der Waals surface area contributed by atoms with Crippen molar-refractivity contribution in [2.24, 2.45) is 0 Å². The minimum absolute atomic E-state index is 0.191. The SMILES string of the molecule is CC(C(=O)NC1CC1)N(c1ccc(Cl)cc1)S(C)(=O)=O. The number of hydrogen-bond donors (Lipinski definition) is 1. The largest absolute Gasteiger partial charge is 0.352 e. The lowest BCUT2D eigenvalue weighted by atomic mass is 10.2. The van der Waals surface area contributed by atoms with E-state index in [0.717, 1.165) is 23.4 Å². The van der Waals surface area contributed by atoms with Crippen LogP contribution in [-0.4, -0.2) is 32.7 Å². The molecule has 1 N–H and O–H groups in total. The molecule has 1 aliphatic carbocycles. The average Bonchev–Trinajstić information content (AvgIpc) is 3.14. The van der Waals surface area contributed by atoms with E-state index in [9.17, 15) is 13.2 Å². The number of benzene rings is 1. The van der Waals surface area contributed by atoms with Crippen LogP contribution in [0.4, 0.5) is 5.69 Å². The van der Waals surface area contributed by atoms with Crippen LogP contribution in [0.5, 0.6) is 0 Å². The first-order valence-electron chi connectivity index (χ1n) is 6.34. The van der Waals surface area contributed by atoms with Crippen LogP contribution in [0.15, 0.2) is 24.3 Å². The van der Waals surface area contributed by atoms with Crippen LogP contribution in [0.3, 0.4) is 0 Å². The van der Waals surface area contributed by atoms with Crippen molar-refractivity contribution in [3.63, 3.8) is 0 Å². The highest BCUT2D eigenvalue weighted by atomic mass is 35.5. The molecule has 1 atom stereocenters. The molecule has 1 saturated carbocycles. The Labute approximate surface area is 124 Å². The van der Waals surface area contributed by atoms with Crippen molar-refractivity contribution in [2.75, 3.05) is 10.6 Å². The van der Waals surface area contributed by atoms with Gasteiger partial charge in [-0.1, -0.05) is 11.6 Å². The van der Waals surface area contributed by atoms with Crippen LogP contribution >= 0.6 is 11.6 Å². The lowest BCUT2D eigenvalue weighted by Crippen LogP contribution is -2.48. The number of anilines is 1. The van der Waals surface area contributed by atoms with E-state index in [1.165, 1.54) is 0 Å². The quantitative estimate of drug-likeness (QED) is 0.900. The predicted molar refractivity (Wildman–Crippen MR) is 79.4 cm³/mol. The van der Waals surface area contributed by atoms with E-state index in [1.54, 1.807) is 31.2 Å². The number of nitrogens with zero attached hydrogens (tertiary/aromatic N) is 1. The van der Waals surface area contributed by atoms with Crippen molar-refractivity contribution in [1.82, 2.24) is 5.32 Å². The standard InChI is InChI=1S/C13H17ClN2O3S/c1-9(13(17)15-11-5-6-11)16(20(2,18)19)12-7-3-10(14)4-8-12/h3-4,7-9,11H,5-6H2,1-2H3,(H,15,17). The van der Waals surface area contributed by atoms with E-state index in [2.05, 4.69) is 5.32 Å². The van der Waals surface area contributed by atoms with Gasteiger partial charge in [-0.05, 0) is 44.0 Å². The summed E-state index contributed by atoms with van der Waals surface area (Å²) in [6.07, 6.45) is 3.00. The maximum Gasteiger partial charge on any atom is 0.243 e. The third kappa shape index (κ3) is 3.64. The molecule has 1 unspecified atom stereocenters. The van der Waals surface area contributed by atoms with Gasteiger partial charge in [0.05, 0.1) is 11.9 Å². The summed E-state index contributed by atoms with van der Waals surface area (Å²) in [5, 5.41) is 3.33. The summed E-state index contributed by atoms with van der Waals surface area (Å²) in [6.45, 7) is 1.58. The Hall–Kier alpha value is -1.27. The molecule has 110 valence electrons. The number of carbonyl (C=O) groups is 1. The molecule has 1 aromatic carbocycles. The van der Waals surface area contributed by atoms with Gasteiger partial charge >= 0.3 is 0 Å². The second-order valence-electron chi connectivity index (χ2n) is 4.99. The fourth-order valence-electron chi connectivity index (χ4n) is 1.95. The van der Waals surface area contributed by atoms with Gasteiger partial charge in [0.15, 0.2) is 0 Å². The number of nitrogens with one attached hydrogen (secondary N) is 1. The van der Waals surface area contributed by atoms with Crippen LogP contribution in [0.1, 0.15) is 19.8 Å². The Kier molecular flexibility index (Phi) is 4.25. The fourth-order valence-corrected chi connectivity index (χ4v) is 3.25. The summed E-state index contributed by atoms with van der Waals surface area (Å²) in [5.74, 6) is -0.284. The molecule has 0 radical (unpaired) electrons. The topological polar surface area (TPSA) is 66.5 Å². The molecule has 0 aromatic heterocycles. The molecule has 1 aliphatic rings. The maximum absolute atomic E-state index is 12.1. The number of carbonyl (C=O) groups excluding carboxylic acids is 1. The highest BCUT2D eigenvalue weighted by molar-refractivity contribution is 7.92. The fraction of sp³-hybridized carbons (Fsp3) is 0.462. The van der Waals surface area contributed by atoms with E-state index in [4.69, 9.17) is 11.6 Å². The van der Waals surface area contributed by atoms with E-state index < -0.39 is 16.1 Å². The highest BCUT2D eigenvalue weighted by Crippen LogP contribution is 2.24. The third-order valence-corrected chi connectivity index (χ3v) is 4.59. The van der Waals surface area contributed by atoms with Gasteiger partial charge in [-0.25, -0.2) is 8.42 Å². The summed E-state index contributed by atoms with van der Waals surface area (Å²) < 4.78 is 25.1. The third-order valence-electron chi connectivity index (χ3n) is 3.09. The highest BCUT2D eigenvalue weighted by Gasteiger charge is 2.32. The Morgan fingerprint density at radius 1 is 1.35 bits per heavy atom. The monoisotopic (exact) mass is 316 g/mol. The first-order chi connectivity index (χ1) is 9.29. The van der Waals surface area contributed by atoms with E-state index >= 15 is 0 Å². The van der Waals surface area contributed by atoms with Crippen molar-refractivity contribution in [3.05, 3.63) is 29.3 Å². The Balaban J connectivity index is 2.27. The zero-order valence-corrected chi connectivity index (χ0v) is 12.9. The number of amides is 1. The van der Waals surface area contributed by atoms with Crippen LogP contribution in [0, 0.1) is 0 Å². The van der Waals surface area contributed by atoms with E-state index in [0.29, 0.717) is 10.7 Å². The van der Waals surface area contributed by atoms with Gasteiger partial charge in [0, 0.05) is 11.1 Å². The molecular formula is C13H17ClN2O3S. The molecular weight excluding hydrogens is 300 g/mol. The minimum atomic E-state index is -3.56. The van der Waals surface area contributed by atoms with Crippen LogP contribution in [0.25, 0.3) is 0 Å². The first-order valence-corrected chi connectivity index (χ1v) is 8.57. The lowest BCUT2D eigenvalue weighted by Gasteiger charge is -2.28. The normalized spacial score (nSPS) is 16.6.